The molecule has 8 heteroatoms. The molecule has 0 bridgehead atoms. The number of aryl methyl sites for hydroxylation is 1. The average molecular weight is 452 g/mol. The van der Waals surface area contributed by atoms with Crippen LogP contribution in [0.15, 0.2) is 48.5 Å². The zero-order valence-electron chi connectivity index (χ0n) is 18.0. The number of hydrogen-bond acceptors (Lipinski definition) is 6. The van der Waals surface area contributed by atoms with Crippen LogP contribution >= 0.6 is 11.3 Å². The summed E-state index contributed by atoms with van der Waals surface area (Å²) >= 11 is 1.44. The van der Waals surface area contributed by atoms with Crippen LogP contribution in [-0.2, 0) is 17.6 Å². The molecule has 1 aliphatic rings. The number of ether oxygens (including phenoxy) is 2. The number of methoxy groups -OCH3 is 2. The van der Waals surface area contributed by atoms with E-state index in [4.69, 9.17) is 9.47 Å². The van der Waals surface area contributed by atoms with E-state index in [9.17, 15) is 9.59 Å². The highest BCUT2D eigenvalue weighted by molar-refractivity contribution is 7.16. The average Bonchev–Trinajstić information content (AvgIpc) is 3.39. The number of benzene rings is 2. The lowest BCUT2D eigenvalue weighted by molar-refractivity contribution is -0.122. The van der Waals surface area contributed by atoms with Crippen LogP contribution in [0.1, 0.15) is 38.8 Å². The molecule has 4 rings (SSSR count). The Balaban J connectivity index is 1.34. The van der Waals surface area contributed by atoms with Crippen molar-refractivity contribution in [1.29, 1.82) is 0 Å². The summed E-state index contributed by atoms with van der Waals surface area (Å²) in [4.78, 5) is 30.9. The molecule has 0 fully saturated rings. The van der Waals surface area contributed by atoms with Gasteiger partial charge in [0.25, 0.3) is 5.91 Å². The Morgan fingerprint density at radius 2 is 1.88 bits per heavy atom. The van der Waals surface area contributed by atoms with Crippen LogP contribution in [-0.4, -0.2) is 37.6 Å². The summed E-state index contributed by atoms with van der Waals surface area (Å²) in [5, 5.41) is 6.39. The first-order chi connectivity index (χ1) is 15.6. The van der Waals surface area contributed by atoms with Crippen LogP contribution in [0.3, 0.4) is 0 Å². The van der Waals surface area contributed by atoms with E-state index >= 15 is 0 Å². The van der Waals surface area contributed by atoms with E-state index in [0.29, 0.717) is 23.0 Å². The molecule has 2 amide bonds. The number of carbonyl (C=O) groups excluding carboxylic acids is 2. The maximum Gasteiger partial charge on any atom is 0.257 e. The predicted octanol–water partition coefficient (Wildman–Crippen LogP) is 3.80. The molecule has 1 aliphatic carbocycles. The Kier molecular flexibility index (Phi) is 6.70. The monoisotopic (exact) mass is 451 g/mol. The SMILES string of the molecule is COc1ccc(C(=O)Nc2nc3c(s2)CCC3C(=O)NCCc2cccc(OC)c2)cc1. The molecule has 1 aromatic heterocycles. The molecule has 0 saturated heterocycles. The molecular formula is C24H25N3O4S. The van der Waals surface area contributed by atoms with Gasteiger partial charge in [0.15, 0.2) is 5.13 Å². The highest BCUT2D eigenvalue weighted by Gasteiger charge is 2.32. The van der Waals surface area contributed by atoms with Crippen LogP contribution in [0, 0.1) is 0 Å². The van der Waals surface area contributed by atoms with E-state index in [1.54, 1.807) is 38.5 Å². The van der Waals surface area contributed by atoms with Crippen LogP contribution in [0.2, 0.25) is 0 Å². The van der Waals surface area contributed by atoms with Crippen molar-refractivity contribution < 1.29 is 19.1 Å². The molecule has 1 unspecified atom stereocenters. The lowest BCUT2D eigenvalue weighted by atomic mass is 10.1. The van der Waals surface area contributed by atoms with E-state index < -0.39 is 0 Å². The van der Waals surface area contributed by atoms with Crippen molar-refractivity contribution in [2.24, 2.45) is 0 Å². The quantitative estimate of drug-likeness (QED) is 0.544. The van der Waals surface area contributed by atoms with Gasteiger partial charge in [0.05, 0.1) is 25.8 Å². The number of rotatable bonds is 8. The molecule has 7 nitrogen and oxygen atoms in total. The number of carbonyl (C=O) groups is 2. The third-order valence-electron chi connectivity index (χ3n) is 5.45. The first kappa shape index (κ1) is 21.8. The summed E-state index contributed by atoms with van der Waals surface area (Å²) < 4.78 is 10.4. The maximum absolute atomic E-state index is 12.8. The summed E-state index contributed by atoms with van der Waals surface area (Å²) in [6, 6.07) is 14.7. The van der Waals surface area contributed by atoms with Crippen molar-refractivity contribution in [1.82, 2.24) is 10.3 Å². The fourth-order valence-corrected chi connectivity index (χ4v) is 4.76. The fourth-order valence-electron chi connectivity index (χ4n) is 3.73. The van der Waals surface area contributed by atoms with Crippen molar-refractivity contribution in [2.75, 3.05) is 26.1 Å². The maximum atomic E-state index is 12.8. The van der Waals surface area contributed by atoms with Crippen LogP contribution in [0.25, 0.3) is 0 Å². The highest BCUT2D eigenvalue weighted by atomic mass is 32.1. The second kappa shape index (κ2) is 9.82. The van der Waals surface area contributed by atoms with Gasteiger partial charge in [-0.1, -0.05) is 12.1 Å². The molecule has 2 aromatic carbocycles. The van der Waals surface area contributed by atoms with E-state index in [1.165, 1.54) is 11.3 Å². The van der Waals surface area contributed by atoms with Crippen LogP contribution < -0.4 is 20.1 Å². The molecule has 32 heavy (non-hydrogen) atoms. The van der Waals surface area contributed by atoms with Crippen molar-refractivity contribution in [3.05, 3.63) is 70.2 Å². The van der Waals surface area contributed by atoms with Gasteiger partial charge in [-0.25, -0.2) is 4.98 Å². The van der Waals surface area contributed by atoms with Crippen LogP contribution in [0.4, 0.5) is 5.13 Å². The normalized spacial score (nSPS) is 14.5. The first-order valence-electron chi connectivity index (χ1n) is 10.4. The van der Waals surface area contributed by atoms with Crippen molar-refractivity contribution in [3.63, 3.8) is 0 Å². The Labute approximate surface area is 190 Å². The Morgan fingerprint density at radius 3 is 2.62 bits per heavy atom. The van der Waals surface area contributed by atoms with Crippen LogP contribution in [0.5, 0.6) is 11.5 Å². The minimum absolute atomic E-state index is 0.0232. The topological polar surface area (TPSA) is 89.5 Å². The van der Waals surface area contributed by atoms with Gasteiger partial charge in [0.1, 0.15) is 11.5 Å². The third-order valence-corrected chi connectivity index (χ3v) is 6.50. The first-order valence-corrected chi connectivity index (χ1v) is 11.2. The second-order valence-electron chi connectivity index (χ2n) is 7.49. The zero-order chi connectivity index (χ0) is 22.5. The van der Waals surface area contributed by atoms with E-state index in [0.717, 1.165) is 41.1 Å². The summed E-state index contributed by atoms with van der Waals surface area (Å²) in [6.07, 6.45) is 2.26. The van der Waals surface area contributed by atoms with Gasteiger partial charge in [0, 0.05) is 17.0 Å². The summed E-state index contributed by atoms with van der Waals surface area (Å²) in [7, 11) is 3.22. The Bertz CT molecular complexity index is 1110. The lowest BCUT2D eigenvalue weighted by Crippen LogP contribution is -2.30. The molecule has 3 aromatic rings. The highest BCUT2D eigenvalue weighted by Crippen LogP contribution is 2.38. The minimum Gasteiger partial charge on any atom is -0.497 e. The molecule has 0 spiro atoms. The van der Waals surface area contributed by atoms with E-state index in [2.05, 4.69) is 15.6 Å². The van der Waals surface area contributed by atoms with E-state index in [-0.39, 0.29) is 17.7 Å². The lowest BCUT2D eigenvalue weighted by Gasteiger charge is -2.11. The zero-order valence-corrected chi connectivity index (χ0v) is 18.8. The van der Waals surface area contributed by atoms with Gasteiger partial charge in [0.2, 0.25) is 5.91 Å². The summed E-state index contributed by atoms with van der Waals surface area (Å²) in [5.74, 6) is 0.957. The van der Waals surface area contributed by atoms with Gasteiger partial charge in [-0.2, -0.15) is 0 Å². The molecular weight excluding hydrogens is 426 g/mol. The molecule has 0 saturated carbocycles. The number of hydrogen-bond donors (Lipinski definition) is 2. The van der Waals surface area contributed by atoms with Gasteiger partial charge in [-0.05, 0) is 61.2 Å². The number of aromatic nitrogens is 1. The van der Waals surface area contributed by atoms with Crippen molar-refractivity contribution in [3.8, 4) is 11.5 Å². The third kappa shape index (κ3) is 4.91. The van der Waals surface area contributed by atoms with Gasteiger partial charge in [-0.15, -0.1) is 11.3 Å². The summed E-state index contributed by atoms with van der Waals surface area (Å²) in [6.45, 7) is 0.545. The molecule has 0 radical (unpaired) electrons. The number of nitrogens with zero attached hydrogens (tertiary/aromatic N) is 1. The molecule has 1 heterocycles. The molecule has 2 N–H and O–H groups in total. The van der Waals surface area contributed by atoms with Crippen molar-refractivity contribution >= 4 is 28.3 Å². The van der Waals surface area contributed by atoms with Gasteiger partial charge >= 0.3 is 0 Å². The number of anilines is 1. The number of fused-ring (bicyclic) bond motifs is 1. The largest absolute Gasteiger partial charge is 0.497 e. The second-order valence-corrected chi connectivity index (χ2v) is 8.58. The molecule has 166 valence electrons. The molecule has 1 atom stereocenters. The smallest absolute Gasteiger partial charge is 0.257 e. The number of thiazole rings is 1. The number of amides is 2. The minimum atomic E-state index is -0.279. The van der Waals surface area contributed by atoms with Gasteiger partial charge in [-0.3, -0.25) is 14.9 Å². The summed E-state index contributed by atoms with van der Waals surface area (Å²) in [5.41, 5.74) is 2.40. The van der Waals surface area contributed by atoms with E-state index in [1.807, 2.05) is 24.3 Å². The van der Waals surface area contributed by atoms with Crippen molar-refractivity contribution in [2.45, 2.75) is 25.2 Å². The predicted molar refractivity (Wildman–Crippen MR) is 124 cm³/mol. The molecule has 0 aliphatic heterocycles. The van der Waals surface area contributed by atoms with Gasteiger partial charge < -0.3 is 14.8 Å². The standard InChI is InChI=1S/C24H25N3O4S/c1-30-17-8-6-16(7-9-17)22(28)27-24-26-21-19(10-11-20(21)32-24)23(29)25-13-12-15-4-3-5-18(14-15)31-2/h3-9,14,19H,10-13H2,1-2H3,(H,25,29)(H,26,27,28). The fraction of sp³-hybridized carbons (Fsp3) is 0.292. The number of nitrogens with one attached hydrogen (secondary N) is 2. The Morgan fingerprint density at radius 1 is 1.09 bits per heavy atom. The Hall–Kier alpha value is -3.39.